The molecule has 10 heteroatoms. The number of halogens is 2. The van der Waals surface area contributed by atoms with Crippen molar-refractivity contribution in [1.82, 2.24) is 14.5 Å². The van der Waals surface area contributed by atoms with Crippen molar-refractivity contribution in [3.8, 4) is 5.69 Å². The molecule has 0 aliphatic rings. The summed E-state index contributed by atoms with van der Waals surface area (Å²) in [5, 5.41) is 12.8. The number of aromatic nitrogens is 2. The molecule has 0 saturated heterocycles. The predicted octanol–water partition coefficient (Wildman–Crippen LogP) is 4.93. The first-order valence-electron chi connectivity index (χ1n) is 12.6. The third kappa shape index (κ3) is 5.79. The second-order valence-electron chi connectivity index (χ2n) is 9.34. The van der Waals surface area contributed by atoms with Crippen LogP contribution in [0.1, 0.15) is 21.5 Å². The SMILES string of the molecule is O=C(N[C@@H](Cc1ccc(-n2c(=O)c3ccccc3n(Cc3ccccc3)c2=O)cc1)C(=O)O)c1c(Cl)cccc1Cl. The molecule has 0 aliphatic heterocycles. The number of fused-ring (bicyclic) bond motifs is 1. The summed E-state index contributed by atoms with van der Waals surface area (Å²) in [6.45, 7) is 0.272. The van der Waals surface area contributed by atoms with Crippen LogP contribution in [0.5, 0.6) is 0 Å². The van der Waals surface area contributed by atoms with Gasteiger partial charge in [-0.2, -0.15) is 0 Å². The van der Waals surface area contributed by atoms with Gasteiger partial charge in [0.1, 0.15) is 6.04 Å². The summed E-state index contributed by atoms with van der Waals surface area (Å²) in [5.74, 6) is -1.97. The fourth-order valence-corrected chi connectivity index (χ4v) is 5.20. The largest absolute Gasteiger partial charge is 0.480 e. The highest BCUT2D eigenvalue weighted by atomic mass is 35.5. The zero-order valence-electron chi connectivity index (χ0n) is 21.5. The van der Waals surface area contributed by atoms with Gasteiger partial charge >= 0.3 is 11.7 Å². The Morgan fingerprint density at radius 2 is 1.41 bits per heavy atom. The quantitative estimate of drug-likeness (QED) is 0.267. The lowest BCUT2D eigenvalue weighted by Crippen LogP contribution is -2.42. The molecule has 0 unspecified atom stereocenters. The molecule has 206 valence electrons. The van der Waals surface area contributed by atoms with Crippen molar-refractivity contribution in [2.75, 3.05) is 0 Å². The van der Waals surface area contributed by atoms with Gasteiger partial charge in [-0.05, 0) is 47.5 Å². The van der Waals surface area contributed by atoms with Crippen LogP contribution in [0.25, 0.3) is 16.6 Å². The molecule has 8 nitrogen and oxygen atoms in total. The highest BCUT2D eigenvalue weighted by Crippen LogP contribution is 2.24. The Kier molecular flexibility index (Phi) is 8.05. The van der Waals surface area contributed by atoms with E-state index in [1.165, 1.54) is 12.1 Å². The van der Waals surface area contributed by atoms with Gasteiger partial charge < -0.3 is 10.4 Å². The van der Waals surface area contributed by atoms with Gasteiger partial charge in [-0.25, -0.2) is 14.2 Å². The Morgan fingerprint density at radius 3 is 2.07 bits per heavy atom. The van der Waals surface area contributed by atoms with Crippen LogP contribution in [0.2, 0.25) is 10.0 Å². The number of aliphatic carboxylic acids is 1. The third-order valence-corrected chi connectivity index (χ3v) is 7.29. The number of nitrogens with one attached hydrogen (secondary N) is 1. The number of nitrogens with zero attached hydrogens (tertiary/aromatic N) is 2. The zero-order chi connectivity index (χ0) is 29.1. The van der Waals surface area contributed by atoms with E-state index >= 15 is 0 Å². The van der Waals surface area contributed by atoms with Crippen molar-refractivity contribution in [3.63, 3.8) is 0 Å². The molecule has 1 aromatic heterocycles. The van der Waals surface area contributed by atoms with Gasteiger partial charge in [0.25, 0.3) is 11.5 Å². The van der Waals surface area contributed by atoms with E-state index in [0.717, 1.165) is 10.1 Å². The first kappa shape index (κ1) is 27.9. The number of carboxylic acids is 1. The lowest BCUT2D eigenvalue weighted by molar-refractivity contribution is -0.139. The summed E-state index contributed by atoms with van der Waals surface area (Å²) in [6, 6.07) is 26.0. The van der Waals surface area contributed by atoms with E-state index < -0.39 is 29.2 Å². The highest BCUT2D eigenvalue weighted by molar-refractivity contribution is 6.39. The number of hydrogen-bond acceptors (Lipinski definition) is 4. The van der Waals surface area contributed by atoms with Crippen LogP contribution in [-0.2, 0) is 17.8 Å². The molecule has 0 fully saturated rings. The van der Waals surface area contributed by atoms with Gasteiger partial charge in [0.05, 0.1) is 38.7 Å². The topological polar surface area (TPSA) is 110 Å². The van der Waals surface area contributed by atoms with Crippen molar-refractivity contribution in [2.45, 2.75) is 19.0 Å². The molecule has 41 heavy (non-hydrogen) atoms. The number of carbonyl (C=O) groups is 2. The Hall–Kier alpha value is -4.66. The Labute approximate surface area is 244 Å². The fraction of sp³-hybridized carbons (Fsp3) is 0.0968. The van der Waals surface area contributed by atoms with Crippen molar-refractivity contribution in [1.29, 1.82) is 0 Å². The van der Waals surface area contributed by atoms with E-state index in [-0.39, 0.29) is 28.6 Å². The van der Waals surface area contributed by atoms with Crippen LogP contribution >= 0.6 is 23.2 Å². The van der Waals surface area contributed by atoms with Crippen LogP contribution < -0.4 is 16.6 Å². The average Bonchev–Trinajstić information content (AvgIpc) is 2.96. The number of carbonyl (C=O) groups excluding carboxylic acids is 1. The number of carboxylic acid groups (broad SMARTS) is 1. The number of para-hydroxylation sites is 1. The molecular weight excluding hydrogens is 565 g/mol. The Morgan fingerprint density at radius 1 is 0.780 bits per heavy atom. The summed E-state index contributed by atoms with van der Waals surface area (Å²) < 4.78 is 2.65. The molecule has 1 atom stereocenters. The van der Waals surface area contributed by atoms with Gasteiger partial charge in [0, 0.05) is 6.42 Å². The van der Waals surface area contributed by atoms with Crippen LogP contribution in [0.4, 0.5) is 0 Å². The zero-order valence-corrected chi connectivity index (χ0v) is 23.0. The molecule has 5 rings (SSSR count). The minimum Gasteiger partial charge on any atom is -0.480 e. The first-order chi connectivity index (χ1) is 19.7. The molecule has 4 aromatic carbocycles. The number of rotatable bonds is 8. The molecule has 0 spiro atoms. The van der Waals surface area contributed by atoms with Crippen LogP contribution in [-0.4, -0.2) is 32.2 Å². The van der Waals surface area contributed by atoms with Crippen LogP contribution in [0, 0.1) is 0 Å². The van der Waals surface area contributed by atoms with E-state index in [1.54, 1.807) is 59.2 Å². The number of hydrogen-bond donors (Lipinski definition) is 2. The molecule has 0 saturated carbocycles. The van der Waals surface area contributed by atoms with Gasteiger partial charge in [-0.15, -0.1) is 0 Å². The summed E-state index contributed by atoms with van der Waals surface area (Å²) in [7, 11) is 0. The first-order valence-corrected chi connectivity index (χ1v) is 13.4. The molecule has 0 aliphatic carbocycles. The third-order valence-electron chi connectivity index (χ3n) is 6.66. The summed E-state index contributed by atoms with van der Waals surface area (Å²) >= 11 is 12.2. The summed E-state index contributed by atoms with van der Waals surface area (Å²) in [4.78, 5) is 51.8. The van der Waals surface area contributed by atoms with Gasteiger partial charge in [0.15, 0.2) is 0 Å². The molecule has 2 N–H and O–H groups in total. The Balaban J connectivity index is 1.46. The van der Waals surface area contributed by atoms with Crippen LogP contribution in [0.3, 0.4) is 0 Å². The van der Waals surface area contributed by atoms with Crippen LogP contribution in [0.15, 0.2) is 107 Å². The highest BCUT2D eigenvalue weighted by Gasteiger charge is 2.24. The predicted molar refractivity (Wildman–Crippen MR) is 158 cm³/mol. The van der Waals surface area contributed by atoms with Crippen molar-refractivity contribution >= 4 is 46.0 Å². The molecule has 1 heterocycles. The minimum absolute atomic E-state index is 0.0140. The minimum atomic E-state index is -1.29. The molecule has 1 amide bonds. The number of amides is 1. The van der Waals surface area contributed by atoms with E-state index in [9.17, 15) is 24.3 Å². The Bertz CT molecular complexity index is 1860. The van der Waals surface area contributed by atoms with Crippen molar-refractivity contribution in [3.05, 3.63) is 145 Å². The maximum atomic E-state index is 13.7. The van der Waals surface area contributed by atoms with E-state index in [0.29, 0.717) is 22.2 Å². The van der Waals surface area contributed by atoms with E-state index in [2.05, 4.69) is 5.32 Å². The second-order valence-corrected chi connectivity index (χ2v) is 10.2. The maximum absolute atomic E-state index is 13.7. The lowest BCUT2D eigenvalue weighted by atomic mass is 10.0. The molecular formula is C31H23Cl2N3O5. The van der Waals surface area contributed by atoms with E-state index in [4.69, 9.17) is 23.2 Å². The number of benzene rings is 4. The molecule has 0 bridgehead atoms. The fourth-order valence-electron chi connectivity index (χ4n) is 4.63. The van der Waals surface area contributed by atoms with Gasteiger partial charge in [-0.1, -0.05) is 83.9 Å². The monoisotopic (exact) mass is 587 g/mol. The summed E-state index contributed by atoms with van der Waals surface area (Å²) in [5.41, 5.74) is 1.34. The lowest BCUT2D eigenvalue weighted by Gasteiger charge is -2.17. The van der Waals surface area contributed by atoms with Gasteiger partial charge in [-0.3, -0.25) is 14.2 Å². The molecule has 0 radical (unpaired) electrons. The smallest absolute Gasteiger partial charge is 0.336 e. The van der Waals surface area contributed by atoms with Crippen molar-refractivity contribution < 1.29 is 14.7 Å². The second kappa shape index (κ2) is 11.8. The summed E-state index contributed by atoms with van der Waals surface area (Å²) in [6.07, 6.45) is -0.0612. The molecule has 5 aromatic rings. The van der Waals surface area contributed by atoms with Crippen molar-refractivity contribution in [2.24, 2.45) is 0 Å². The maximum Gasteiger partial charge on any atom is 0.336 e. The van der Waals surface area contributed by atoms with Gasteiger partial charge in [0.2, 0.25) is 0 Å². The average molecular weight is 588 g/mol. The van der Waals surface area contributed by atoms with E-state index in [1.807, 2.05) is 30.3 Å². The normalized spacial score (nSPS) is 11.8. The standard InChI is InChI=1S/C31H23Cl2N3O5/c32-23-10-6-11-24(33)27(23)28(37)34-25(30(39)40)17-19-13-15-21(16-14-19)36-29(38)22-9-4-5-12-26(22)35(31(36)41)18-20-7-2-1-3-8-20/h1-16,25H,17-18H2,(H,34,37)(H,39,40)/t25-/m0/s1.